The number of rotatable bonds is 1. The molecule has 66 valence electrons. The van der Waals surface area contributed by atoms with Crippen LogP contribution in [0.3, 0.4) is 0 Å². The Hall–Kier alpha value is -0.280. The summed E-state index contributed by atoms with van der Waals surface area (Å²) in [6.45, 7) is 0.997. The lowest BCUT2D eigenvalue weighted by molar-refractivity contribution is -0.893. The lowest BCUT2D eigenvalue weighted by Crippen LogP contribution is -2.48. The standard InChI is InChI=1S/C7H13NO2.ClH/c1-8(2)5-3-4-6(8)7(9)10;/h6H,3-5H2,1-2H3;1H/p+1. The van der Waals surface area contributed by atoms with Crippen molar-refractivity contribution in [3.8, 4) is 0 Å². The summed E-state index contributed by atoms with van der Waals surface area (Å²) < 4.78 is 0.648. The highest BCUT2D eigenvalue weighted by Crippen LogP contribution is 2.21. The van der Waals surface area contributed by atoms with Gasteiger partial charge in [-0.15, -0.1) is 12.4 Å². The summed E-state index contributed by atoms with van der Waals surface area (Å²) >= 11 is 0. The summed E-state index contributed by atoms with van der Waals surface area (Å²) in [4.78, 5) is 10.6. The van der Waals surface area contributed by atoms with E-state index in [1.54, 1.807) is 0 Å². The minimum atomic E-state index is -0.650. The van der Waals surface area contributed by atoms with Crippen LogP contribution in [0, 0.1) is 0 Å². The molecule has 0 spiro atoms. The molecule has 0 aromatic heterocycles. The van der Waals surface area contributed by atoms with Gasteiger partial charge in [0.15, 0.2) is 6.04 Å². The second-order valence-corrected chi connectivity index (χ2v) is 3.50. The summed E-state index contributed by atoms with van der Waals surface area (Å²) in [5, 5.41) is 8.73. The van der Waals surface area contributed by atoms with Gasteiger partial charge in [0.05, 0.1) is 20.6 Å². The zero-order valence-electron chi connectivity index (χ0n) is 6.91. The molecular formula is C7H15ClNO2+. The monoisotopic (exact) mass is 180 g/mol. The van der Waals surface area contributed by atoms with Crippen LogP contribution in [0.4, 0.5) is 0 Å². The van der Waals surface area contributed by atoms with Crippen LogP contribution in [-0.4, -0.2) is 42.2 Å². The molecule has 1 aliphatic rings. The van der Waals surface area contributed by atoms with Crippen molar-refractivity contribution in [3.63, 3.8) is 0 Å². The van der Waals surface area contributed by atoms with Gasteiger partial charge in [-0.3, -0.25) is 0 Å². The van der Waals surface area contributed by atoms with Gasteiger partial charge in [0.1, 0.15) is 0 Å². The van der Waals surface area contributed by atoms with Gasteiger partial charge in [-0.2, -0.15) is 0 Å². The first-order chi connectivity index (χ1) is 4.54. The Bertz CT molecular complexity index is 159. The fourth-order valence-corrected chi connectivity index (χ4v) is 1.62. The zero-order valence-corrected chi connectivity index (χ0v) is 7.73. The number of carbonyl (C=O) groups is 1. The summed E-state index contributed by atoms with van der Waals surface area (Å²) in [5.41, 5.74) is 0. The van der Waals surface area contributed by atoms with E-state index >= 15 is 0 Å². The number of halogens is 1. The van der Waals surface area contributed by atoms with E-state index in [9.17, 15) is 4.79 Å². The average molecular weight is 181 g/mol. The first-order valence-corrected chi connectivity index (χ1v) is 3.59. The van der Waals surface area contributed by atoms with Crippen molar-refractivity contribution < 1.29 is 14.4 Å². The van der Waals surface area contributed by atoms with Gasteiger partial charge in [-0.05, 0) is 0 Å². The molecular weight excluding hydrogens is 166 g/mol. The quantitative estimate of drug-likeness (QED) is 0.605. The molecule has 0 amide bonds. The molecule has 1 N–H and O–H groups in total. The fourth-order valence-electron chi connectivity index (χ4n) is 1.62. The van der Waals surface area contributed by atoms with Gasteiger partial charge < -0.3 is 9.59 Å². The van der Waals surface area contributed by atoms with Gasteiger partial charge in [0.25, 0.3) is 0 Å². The molecule has 4 heteroatoms. The van der Waals surface area contributed by atoms with E-state index in [1.807, 2.05) is 14.1 Å². The molecule has 0 aliphatic carbocycles. The number of hydrogen-bond donors (Lipinski definition) is 1. The first-order valence-electron chi connectivity index (χ1n) is 3.59. The maximum atomic E-state index is 10.6. The Morgan fingerprint density at radius 3 is 2.27 bits per heavy atom. The van der Waals surface area contributed by atoms with Gasteiger partial charge in [-0.1, -0.05) is 0 Å². The highest BCUT2D eigenvalue weighted by atomic mass is 35.5. The third-order valence-corrected chi connectivity index (χ3v) is 2.34. The van der Waals surface area contributed by atoms with E-state index in [-0.39, 0.29) is 18.4 Å². The number of quaternary nitrogens is 1. The molecule has 1 rings (SSSR count). The van der Waals surface area contributed by atoms with Gasteiger partial charge in [-0.25, -0.2) is 4.79 Å². The third-order valence-electron chi connectivity index (χ3n) is 2.34. The van der Waals surface area contributed by atoms with Crippen molar-refractivity contribution in [2.45, 2.75) is 18.9 Å². The van der Waals surface area contributed by atoms with Crippen LogP contribution in [0.25, 0.3) is 0 Å². The molecule has 1 saturated heterocycles. The first kappa shape index (κ1) is 10.7. The van der Waals surface area contributed by atoms with E-state index in [0.717, 1.165) is 19.4 Å². The van der Waals surface area contributed by atoms with Crippen LogP contribution >= 0.6 is 12.4 Å². The van der Waals surface area contributed by atoms with Crippen molar-refractivity contribution >= 4 is 18.4 Å². The van der Waals surface area contributed by atoms with Gasteiger partial charge >= 0.3 is 5.97 Å². The summed E-state index contributed by atoms with van der Waals surface area (Å²) in [5.74, 6) is -0.650. The predicted molar refractivity (Wildman–Crippen MR) is 44.9 cm³/mol. The average Bonchev–Trinajstić information content (AvgIpc) is 2.08. The molecule has 3 nitrogen and oxygen atoms in total. The highest BCUT2D eigenvalue weighted by Gasteiger charge is 2.39. The number of likely N-dealkylation sites (tertiary alicyclic amines) is 1. The van der Waals surface area contributed by atoms with E-state index in [2.05, 4.69) is 0 Å². The number of nitrogens with zero attached hydrogens (tertiary/aromatic N) is 1. The zero-order chi connectivity index (χ0) is 7.78. The second kappa shape index (κ2) is 3.41. The van der Waals surface area contributed by atoms with Crippen molar-refractivity contribution in [1.29, 1.82) is 0 Å². The largest absolute Gasteiger partial charge is 0.477 e. The van der Waals surface area contributed by atoms with Crippen LogP contribution in [0.15, 0.2) is 0 Å². The maximum absolute atomic E-state index is 10.6. The van der Waals surface area contributed by atoms with Crippen molar-refractivity contribution in [1.82, 2.24) is 0 Å². The molecule has 1 unspecified atom stereocenters. The Labute approximate surface area is 73.0 Å². The fraction of sp³-hybridized carbons (Fsp3) is 0.857. The molecule has 1 atom stereocenters. The van der Waals surface area contributed by atoms with Gasteiger partial charge in [0.2, 0.25) is 0 Å². The van der Waals surface area contributed by atoms with Crippen molar-refractivity contribution in [2.75, 3.05) is 20.6 Å². The van der Waals surface area contributed by atoms with Crippen LogP contribution in [0.5, 0.6) is 0 Å². The number of aliphatic carboxylic acids is 1. The summed E-state index contributed by atoms with van der Waals surface area (Å²) in [7, 11) is 3.96. The lowest BCUT2D eigenvalue weighted by Gasteiger charge is -2.28. The Balaban J connectivity index is 0.000001000. The Kier molecular flexibility index (Phi) is 3.32. The molecule has 0 bridgehead atoms. The van der Waals surface area contributed by atoms with Crippen LogP contribution in [0.1, 0.15) is 12.8 Å². The summed E-state index contributed by atoms with van der Waals surface area (Å²) in [6, 6.07) is -0.167. The van der Waals surface area contributed by atoms with E-state index in [1.165, 1.54) is 0 Å². The summed E-state index contributed by atoms with van der Waals surface area (Å²) in [6.07, 6.45) is 1.88. The van der Waals surface area contributed by atoms with Crippen LogP contribution in [-0.2, 0) is 4.79 Å². The number of carboxylic acids is 1. The van der Waals surface area contributed by atoms with Crippen molar-refractivity contribution in [2.24, 2.45) is 0 Å². The second-order valence-electron chi connectivity index (χ2n) is 3.50. The molecule has 1 heterocycles. The molecule has 0 radical (unpaired) electrons. The topological polar surface area (TPSA) is 37.3 Å². The molecule has 0 aromatic rings. The van der Waals surface area contributed by atoms with Crippen molar-refractivity contribution in [3.05, 3.63) is 0 Å². The molecule has 0 aromatic carbocycles. The third kappa shape index (κ3) is 2.07. The SMILES string of the molecule is C[N+]1(C)CCCC1C(=O)O.Cl. The molecule has 1 fully saturated rings. The minimum absolute atomic E-state index is 0. The minimum Gasteiger partial charge on any atom is -0.477 e. The molecule has 11 heavy (non-hydrogen) atoms. The number of carboxylic acid groups (broad SMARTS) is 1. The van der Waals surface area contributed by atoms with Crippen LogP contribution < -0.4 is 0 Å². The normalized spacial score (nSPS) is 27.6. The molecule has 0 saturated carbocycles. The van der Waals surface area contributed by atoms with Crippen LogP contribution in [0.2, 0.25) is 0 Å². The number of likely N-dealkylation sites (N-methyl/N-ethyl adjacent to an activating group) is 1. The number of hydrogen-bond acceptors (Lipinski definition) is 1. The molecule has 1 aliphatic heterocycles. The Morgan fingerprint density at radius 1 is 1.55 bits per heavy atom. The van der Waals surface area contributed by atoms with E-state index in [0.29, 0.717) is 4.48 Å². The highest BCUT2D eigenvalue weighted by molar-refractivity contribution is 5.85. The van der Waals surface area contributed by atoms with Gasteiger partial charge in [0, 0.05) is 12.8 Å². The Morgan fingerprint density at radius 2 is 2.09 bits per heavy atom. The predicted octanol–water partition coefficient (Wildman–Crippen LogP) is 0.732. The van der Waals surface area contributed by atoms with E-state index < -0.39 is 5.97 Å². The van der Waals surface area contributed by atoms with E-state index in [4.69, 9.17) is 5.11 Å². The lowest BCUT2D eigenvalue weighted by atomic mass is 10.2. The smallest absolute Gasteiger partial charge is 0.362 e. The maximum Gasteiger partial charge on any atom is 0.362 e.